The van der Waals surface area contributed by atoms with E-state index in [4.69, 9.17) is 17.0 Å². The average Bonchev–Trinajstić information content (AvgIpc) is 3.10. The SMILES string of the molecule is CCN1C(=O)/C(=C2/Oc3ccccc3N2C)N(Cc2cccnc2)C1=S. The van der Waals surface area contributed by atoms with Gasteiger partial charge in [-0.2, -0.15) is 0 Å². The van der Waals surface area contributed by atoms with Gasteiger partial charge in [0.05, 0.1) is 12.2 Å². The Morgan fingerprint density at radius 1 is 1.15 bits per heavy atom. The van der Waals surface area contributed by atoms with Crippen LogP contribution in [0.25, 0.3) is 0 Å². The first-order chi connectivity index (χ1) is 12.6. The highest BCUT2D eigenvalue weighted by atomic mass is 32.1. The summed E-state index contributed by atoms with van der Waals surface area (Å²) < 4.78 is 6.02. The molecule has 2 aromatic rings. The highest BCUT2D eigenvalue weighted by Crippen LogP contribution is 2.40. The van der Waals surface area contributed by atoms with Crippen molar-refractivity contribution in [3.8, 4) is 5.75 Å². The van der Waals surface area contributed by atoms with E-state index in [1.54, 1.807) is 17.3 Å². The third-order valence-electron chi connectivity index (χ3n) is 4.50. The normalized spacial score (nSPS) is 19.2. The molecular weight excluding hydrogens is 348 g/mol. The molecule has 1 aromatic heterocycles. The zero-order valence-electron chi connectivity index (χ0n) is 14.5. The van der Waals surface area contributed by atoms with E-state index in [1.165, 1.54) is 0 Å². The molecular formula is C19H18N4O2S. The Morgan fingerprint density at radius 3 is 2.65 bits per heavy atom. The number of carbonyl (C=O) groups excluding carboxylic acids is 1. The second-order valence-corrected chi connectivity index (χ2v) is 6.43. The highest BCUT2D eigenvalue weighted by Gasteiger charge is 2.43. The molecule has 1 saturated heterocycles. The van der Waals surface area contributed by atoms with E-state index in [-0.39, 0.29) is 5.91 Å². The monoisotopic (exact) mass is 366 g/mol. The standard InChI is InChI=1S/C19H18N4O2S/c1-3-22-17(24)16(18-21(2)14-8-4-5-9-15(14)25-18)23(19(22)26)12-13-7-6-10-20-11-13/h4-11H,3,12H2,1-2H3/b18-16-. The minimum atomic E-state index is -0.143. The smallest absolute Gasteiger partial charge is 0.282 e. The van der Waals surface area contributed by atoms with Crippen molar-refractivity contribution >= 4 is 28.9 Å². The third-order valence-corrected chi connectivity index (χ3v) is 4.94. The summed E-state index contributed by atoms with van der Waals surface area (Å²) in [6.45, 7) is 2.88. The van der Waals surface area contributed by atoms with Crippen molar-refractivity contribution in [2.75, 3.05) is 18.5 Å². The zero-order chi connectivity index (χ0) is 18.3. The van der Waals surface area contributed by atoms with Gasteiger partial charge in [0.1, 0.15) is 0 Å². The van der Waals surface area contributed by atoms with Crippen LogP contribution in [0.5, 0.6) is 5.75 Å². The van der Waals surface area contributed by atoms with Crippen molar-refractivity contribution in [1.29, 1.82) is 0 Å². The molecule has 0 bridgehead atoms. The molecule has 0 spiro atoms. The average molecular weight is 366 g/mol. The summed E-state index contributed by atoms with van der Waals surface area (Å²) in [5, 5.41) is 0.483. The lowest BCUT2D eigenvalue weighted by atomic mass is 10.2. The van der Waals surface area contributed by atoms with E-state index >= 15 is 0 Å². The van der Waals surface area contributed by atoms with Crippen LogP contribution in [-0.2, 0) is 11.3 Å². The summed E-state index contributed by atoms with van der Waals surface area (Å²) in [4.78, 5) is 22.5. The van der Waals surface area contributed by atoms with E-state index in [0.717, 1.165) is 17.0 Å². The van der Waals surface area contributed by atoms with Crippen LogP contribution < -0.4 is 9.64 Å². The molecule has 3 heterocycles. The van der Waals surface area contributed by atoms with Crippen LogP contribution >= 0.6 is 12.2 Å². The molecule has 26 heavy (non-hydrogen) atoms. The molecule has 4 rings (SSSR count). The third kappa shape index (κ3) is 2.52. The number of benzene rings is 1. The van der Waals surface area contributed by atoms with Crippen LogP contribution in [0.15, 0.2) is 60.4 Å². The van der Waals surface area contributed by atoms with Crippen LogP contribution in [0.3, 0.4) is 0 Å². The topological polar surface area (TPSA) is 48.9 Å². The summed E-state index contributed by atoms with van der Waals surface area (Å²) in [5.41, 5.74) is 2.35. The van der Waals surface area contributed by atoms with Gasteiger partial charge in [-0.25, -0.2) is 0 Å². The number of ether oxygens (including phenoxy) is 1. The van der Waals surface area contributed by atoms with Crippen molar-refractivity contribution in [3.05, 3.63) is 65.9 Å². The van der Waals surface area contributed by atoms with Crippen molar-refractivity contribution in [2.24, 2.45) is 0 Å². The van der Waals surface area contributed by atoms with E-state index < -0.39 is 0 Å². The van der Waals surface area contributed by atoms with Crippen LogP contribution in [-0.4, -0.2) is 39.4 Å². The molecule has 1 fully saturated rings. The Bertz CT molecular complexity index is 913. The quantitative estimate of drug-likeness (QED) is 0.615. The minimum Gasteiger partial charge on any atom is -0.436 e. The number of amides is 1. The molecule has 6 nitrogen and oxygen atoms in total. The Balaban J connectivity index is 1.79. The van der Waals surface area contributed by atoms with Gasteiger partial charge in [0, 0.05) is 26.0 Å². The molecule has 0 radical (unpaired) electrons. The van der Waals surface area contributed by atoms with E-state index in [2.05, 4.69) is 4.98 Å². The Labute approximate surface area is 157 Å². The molecule has 1 amide bonds. The lowest BCUT2D eigenvalue weighted by Gasteiger charge is -2.21. The molecule has 132 valence electrons. The largest absolute Gasteiger partial charge is 0.436 e. The minimum absolute atomic E-state index is 0.143. The first-order valence-corrected chi connectivity index (χ1v) is 8.79. The molecule has 2 aliphatic rings. The second kappa shape index (κ2) is 6.42. The number of pyridine rings is 1. The van der Waals surface area contributed by atoms with Crippen molar-refractivity contribution in [3.63, 3.8) is 0 Å². The molecule has 0 unspecified atom stereocenters. The Kier molecular flexibility index (Phi) is 4.08. The fraction of sp³-hybridized carbons (Fsp3) is 0.211. The summed E-state index contributed by atoms with van der Waals surface area (Å²) >= 11 is 5.58. The molecule has 0 aliphatic carbocycles. The summed E-state index contributed by atoms with van der Waals surface area (Å²) in [7, 11) is 1.89. The van der Waals surface area contributed by atoms with Crippen LogP contribution in [0.4, 0.5) is 5.69 Å². The number of thiocarbonyl (C=S) groups is 1. The van der Waals surface area contributed by atoms with Gasteiger partial charge in [0.25, 0.3) is 5.91 Å². The Morgan fingerprint density at radius 2 is 1.96 bits per heavy atom. The fourth-order valence-corrected chi connectivity index (χ4v) is 3.56. The maximum absolute atomic E-state index is 13.0. The summed E-state index contributed by atoms with van der Waals surface area (Å²) in [6.07, 6.45) is 3.50. The maximum Gasteiger partial charge on any atom is 0.282 e. The molecule has 0 N–H and O–H groups in total. The first-order valence-electron chi connectivity index (χ1n) is 8.39. The number of aromatic nitrogens is 1. The molecule has 0 atom stereocenters. The predicted molar refractivity (Wildman–Crippen MR) is 102 cm³/mol. The van der Waals surface area contributed by atoms with Crippen LogP contribution in [0, 0.1) is 0 Å². The van der Waals surface area contributed by atoms with Crippen LogP contribution in [0.1, 0.15) is 12.5 Å². The van der Waals surface area contributed by atoms with Gasteiger partial charge in [-0.3, -0.25) is 14.7 Å². The lowest BCUT2D eigenvalue weighted by Crippen LogP contribution is -2.32. The number of nitrogens with zero attached hydrogens (tertiary/aromatic N) is 4. The van der Waals surface area contributed by atoms with E-state index in [9.17, 15) is 4.79 Å². The van der Waals surface area contributed by atoms with Crippen molar-refractivity contribution < 1.29 is 9.53 Å². The number of rotatable bonds is 3. The van der Waals surface area contributed by atoms with Gasteiger partial charge < -0.3 is 14.5 Å². The summed E-state index contributed by atoms with van der Waals surface area (Å²) in [5.74, 6) is 1.09. The van der Waals surface area contributed by atoms with Gasteiger partial charge in [-0.15, -0.1) is 0 Å². The second-order valence-electron chi connectivity index (χ2n) is 6.06. The number of fused-ring (bicyclic) bond motifs is 1. The maximum atomic E-state index is 13.0. The van der Waals surface area contributed by atoms with Crippen LogP contribution in [0.2, 0.25) is 0 Å². The van der Waals surface area contributed by atoms with E-state index in [0.29, 0.717) is 29.8 Å². The molecule has 2 aliphatic heterocycles. The summed E-state index contributed by atoms with van der Waals surface area (Å²) in [6, 6.07) is 11.5. The van der Waals surface area contributed by atoms with Gasteiger partial charge in [-0.1, -0.05) is 18.2 Å². The number of likely N-dealkylation sites (N-methyl/N-ethyl adjacent to an activating group) is 1. The number of anilines is 1. The number of para-hydroxylation sites is 2. The fourth-order valence-electron chi connectivity index (χ4n) is 3.19. The van der Waals surface area contributed by atoms with Crippen molar-refractivity contribution in [2.45, 2.75) is 13.5 Å². The van der Waals surface area contributed by atoms with Gasteiger partial charge in [-0.05, 0) is 42.9 Å². The Hall–Kier alpha value is -2.93. The number of hydrogen-bond acceptors (Lipinski definition) is 5. The number of carbonyl (C=O) groups is 1. The molecule has 0 saturated carbocycles. The predicted octanol–water partition coefficient (Wildman–Crippen LogP) is 2.73. The van der Waals surface area contributed by atoms with Crippen molar-refractivity contribution in [1.82, 2.24) is 14.8 Å². The van der Waals surface area contributed by atoms with E-state index in [1.807, 2.05) is 60.2 Å². The first kappa shape index (κ1) is 16.5. The molecule has 7 heteroatoms. The lowest BCUT2D eigenvalue weighted by molar-refractivity contribution is -0.122. The molecule has 1 aromatic carbocycles. The van der Waals surface area contributed by atoms with Gasteiger partial charge >= 0.3 is 0 Å². The van der Waals surface area contributed by atoms with Gasteiger partial charge in [0.15, 0.2) is 16.6 Å². The number of hydrogen-bond donors (Lipinski definition) is 0. The highest BCUT2D eigenvalue weighted by molar-refractivity contribution is 7.80. The van der Waals surface area contributed by atoms with Gasteiger partial charge in [0.2, 0.25) is 5.88 Å². The zero-order valence-corrected chi connectivity index (χ0v) is 15.4.